The molecule has 1 saturated heterocycles. The van der Waals surface area contributed by atoms with Gasteiger partial charge in [-0.1, -0.05) is 56.3 Å². The number of rotatable bonds is 5. The van der Waals surface area contributed by atoms with Gasteiger partial charge in [0.25, 0.3) is 0 Å². The van der Waals surface area contributed by atoms with Crippen LogP contribution in [0.25, 0.3) is 17.0 Å². The molecule has 1 atom stereocenters. The molecule has 0 bridgehead atoms. The van der Waals surface area contributed by atoms with Crippen LogP contribution in [0, 0.1) is 5.82 Å². The molecular weight excluding hydrogens is 471 g/mol. The third-order valence-electron chi connectivity index (χ3n) is 7.20. The van der Waals surface area contributed by atoms with Gasteiger partial charge in [0.1, 0.15) is 5.82 Å². The van der Waals surface area contributed by atoms with Gasteiger partial charge in [-0.15, -0.1) is 0 Å². The second kappa shape index (κ2) is 12.0. The average molecular weight is 507 g/mol. The summed E-state index contributed by atoms with van der Waals surface area (Å²) in [4.78, 5) is 13.9. The first-order valence-corrected chi connectivity index (χ1v) is 13.2. The molecule has 36 heavy (non-hydrogen) atoms. The highest BCUT2D eigenvalue weighted by Crippen LogP contribution is 2.37. The summed E-state index contributed by atoms with van der Waals surface area (Å²) in [5, 5.41) is 1.79. The van der Waals surface area contributed by atoms with Crippen LogP contribution >= 0.6 is 11.6 Å². The Kier molecular flexibility index (Phi) is 8.76. The highest BCUT2D eigenvalue weighted by atomic mass is 35.5. The van der Waals surface area contributed by atoms with Crippen molar-refractivity contribution in [2.75, 3.05) is 33.2 Å². The quantitative estimate of drug-likeness (QED) is 0.377. The smallest absolute Gasteiger partial charge is 0.141 e. The van der Waals surface area contributed by atoms with Crippen molar-refractivity contribution in [3.63, 3.8) is 0 Å². The number of pyridine rings is 2. The lowest BCUT2D eigenvalue weighted by atomic mass is 9.84. The molecule has 2 aliphatic rings. The van der Waals surface area contributed by atoms with Gasteiger partial charge < -0.3 is 9.80 Å². The lowest BCUT2D eigenvalue weighted by Gasteiger charge is -2.35. The lowest BCUT2D eigenvalue weighted by Crippen LogP contribution is -2.43. The van der Waals surface area contributed by atoms with Gasteiger partial charge in [0.05, 0.1) is 16.7 Å². The first-order valence-electron chi connectivity index (χ1n) is 12.9. The molecule has 3 aromatic rings. The Labute approximate surface area is 219 Å². The van der Waals surface area contributed by atoms with Gasteiger partial charge >= 0.3 is 0 Å². The van der Waals surface area contributed by atoms with Crippen molar-refractivity contribution in [3.8, 4) is 0 Å². The number of aromatic nitrogens is 2. The molecule has 4 nitrogen and oxygen atoms in total. The Morgan fingerprint density at radius 3 is 2.64 bits per heavy atom. The van der Waals surface area contributed by atoms with E-state index in [2.05, 4.69) is 41.9 Å². The Bertz CT molecular complexity index is 1220. The molecule has 5 rings (SSSR count). The van der Waals surface area contributed by atoms with Gasteiger partial charge in [-0.2, -0.15) is 0 Å². The van der Waals surface area contributed by atoms with E-state index in [-0.39, 0.29) is 11.7 Å². The van der Waals surface area contributed by atoms with E-state index in [4.69, 9.17) is 16.6 Å². The van der Waals surface area contributed by atoms with Gasteiger partial charge in [0.15, 0.2) is 0 Å². The third-order valence-corrected chi connectivity index (χ3v) is 7.63. The number of hydrogen-bond donors (Lipinski definition) is 0. The molecule has 0 amide bonds. The summed E-state index contributed by atoms with van der Waals surface area (Å²) < 4.78 is 13.1. The summed E-state index contributed by atoms with van der Waals surface area (Å²) in [5.41, 5.74) is 6.32. The Balaban J connectivity index is 0.000000214. The van der Waals surface area contributed by atoms with Crippen LogP contribution in [0.5, 0.6) is 0 Å². The fraction of sp³-hybridized carbons (Fsp3) is 0.400. The summed E-state index contributed by atoms with van der Waals surface area (Å²) in [6, 6.07) is 9.26. The summed E-state index contributed by atoms with van der Waals surface area (Å²) in [6.45, 7) is 14.8. The van der Waals surface area contributed by atoms with Gasteiger partial charge in [-0.25, -0.2) is 4.39 Å². The molecule has 0 N–H and O–H groups in total. The van der Waals surface area contributed by atoms with Gasteiger partial charge in [0, 0.05) is 54.6 Å². The zero-order valence-corrected chi connectivity index (χ0v) is 22.2. The highest BCUT2D eigenvalue weighted by molar-refractivity contribution is 6.36. The first-order chi connectivity index (χ1) is 17.4. The molecule has 1 fully saturated rings. The van der Waals surface area contributed by atoms with Crippen molar-refractivity contribution >= 4 is 28.6 Å². The normalized spacial score (nSPS) is 17.8. The second-order valence-corrected chi connectivity index (χ2v) is 10.2. The standard InChI is InChI=1S/C20H16ClFN2.C10H20N2/c1-2-12-3-6-15-18(9-12)24-19-10-13(4-7-16(19)20(15)21)17-8-5-14(22)11-23-17;1-4-5-10(2)12-8-6-11(3)7-9-12/h2-3,5-6,8-9,11,13H,1,4,7,10H2;2,4-9H2,1,3H3. The van der Waals surface area contributed by atoms with E-state index >= 15 is 0 Å². The van der Waals surface area contributed by atoms with Crippen molar-refractivity contribution < 1.29 is 4.39 Å². The Hall–Kier alpha value is -2.76. The van der Waals surface area contributed by atoms with E-state index in [1.54, 1.807) is 12.1 Å². The minimum atomic E-state index is -0.306. The van der Waals surface area contributed by atoms with Gasteiger partial charge in [-0.3, -0.25) is 9.97 Å². The molecule has 190 valence electrons. The number of hydrogen-bond acceptors (Lipinski definition) is 4. The van der Waals surface area contributed by atoms with E-state index in [1.807, 2.05) is 18.2 Å². The Morgan fingerprint density at radius 1 is 1.19 bits per heavy atom. The van der Waals surface area contributed by atoms with Crippen LogP contribution in [0.2, 0.25) is 5.02 Å². The number of piperazine rings is 1. The largest absolute Gasteiger partial charge is 0.373 e. The molecule has 1 aliphatic heterocycles. The van der Waals surface area contributed by atoms with Crippen LogP contribution in [0.3, 0.4) is 0 Å². The maximum absolute atomic E-state index is 13.1. The number of nitrogens with zero attached hydrogens (tertiary/aromatic N) is 4. The topological polar surface area (TPSA) is 32.3 Å². The SMILES string of the molecule is C=C(CCC)N1CCN(C)CC1.C=Cc1ccc2c(Cl)c3c(nc2c1)CC(c1ccc(F)cn1)CC3. The number of allylic oxidation sites excluding steroid dienone is 1. The highest BCUT2D eigenvalue weighted by Gasteiger charge is 2.25. The van der Waals surface area contributed by atoms with Crippen molar-refractivity contribution in [2.45, 2.75) is 44.9 Å². The van der Waals surface area contributed by atoms with Crippen LogP contribution in [0.4, 0.5) is 4.39 Å². The van der Waals surface area contributed by atoms with Crippen LogP contribution in [0.1, 0.15) is 54.6 Å². The van der Waals surface area contributed by atoms with E-state index in [0.29, 0.717) is 0 Å². The van der Waals surface area contributed by atoms with Crippen LogP contribution in [-0.4, -0.2) is 53.0 Å². The van der Waals surface area contributed by atoms with Crippen molar-refractivity contribution in [3.05, 3.63) is 88.7 Å². The molecule has 2 aromatic heterocycles. The van der Waals surface area contributed by atoms with E-state index in [0.717, 1.165) is 77.2 Å². The lowest BCUT2D eigenvalue weighted by molar-refractivity contribution is 0.183. The number of benzene rings is 1. The van der Waals surface area contributed by atoms with E-state index in [9.17, 15) is 4.39 Å². The minimum absolute atomic E-state index is 0.252. The number of fused-ring (bicyclic) bond motifs is 2. The summed E-state index contributed by atoms with van der Waals surface area (Å²) in [7, 11) is 2.18. The fourth-order valence-electron chi connectivity index (χ4n) is 4.98. The zero-order chi connectivity index (χ0) is 25.7. The number of halogens is 2. The van der Waals surface area contributed by atoms with Crippen molar-refractivity contribution in [2.24, 2.45) is 0 Å². The van der Waals surface area contributed by atoms with E-state index < -0.39 is 0 Å². The maximum atomic E-state index is 13.1. The molecule has 0 spiro atoms. The summed E-state index contributed by atoms with van der Waals surface area (Å²) >= 11 is 6.64. The fourth-order valence-corrected chi connectivity index (χ4v) is 5.35. The summed E-state index contributed by atoms with van der Waals surface area (Å²) in [5.74, 6) is -0.0548. The van der Waals surface area contributed by atoms with E-state index in [1.165, 1.54) is 37.5 Å². The average Bonchev–Trinajstić information content (AvgIpc) is 2.89. The zero-order valence-electron chi connectivity index (χ0n) is 21.4. The second-order valence-electron chi connectivity index (χ2n) is 9.78. The predicted molar refractivity (Wildman–Crippen MR) is 149 cm³/mol. The van der Waals surface area contributed by atoms with Crippen LogP contribution < -0.4 is 0 Å². The third kappa shape index (κ3) is 6.13. The molecule has 3 heterocycles. The maximum Gasteiger partial charge on any atom is 0.141 e. The van der Waals surface area contributed by atoms with Crippen molar-refractivity contribution in [1.29, 1.82) is 0 Å². The van der Waals surface area contributed by atoms with Gasteiger partial charge in [0.2, 0.25) is 0 Å². The Morgan fingerprint density at radius 2 is 1.97 bits per heavy atom. The summed E-state index contributed by atoms with van der Waals surface area (Å²) in [6.07, 6.45) is 8.05. The van der Waals surface area contributed by atoms with Crippen LogP contribution in [0.15, 0.2) is 55.4 Å². The molecule has 0 saturated carbocycles. The van der Waals surface area contributed by atoms with Gasteiger partial charge in [-0.05, 0) is 62.1 Å². The predicted octanol–water partition coefficient (Wildman–Crippen LogP) is 6.89. The number of likely N-dealkylation sites (N-methyl/N-ethyl adjacent to an activating group) is 1. The first kappa shape index (κ1) is 26.3. The molecule has 1 aliphatic carbocycles. The molecule has 1 aromatic carbocycles. The van der Waals surface area contributed by atoms with Crippen molar-refractivity contribution in [1.82, 2.24) is 19.8 Å². The molecule has 1 unspecified atom stereocenters. The monoisotopic (exact) mass is 506 g/mol. The molecule has 0 radical (unpaired) electrons. The van der Waals surface area contributed by atoms with Crippen LogP contribution in [-0.2, 0) is 12.8 Å². The minimum Gasteiger partial charge on any atom is -0.373 e. The molecular formula is C30H36ClFN4. The molecule has 6 heteroatoms.